The maximum Gasteiger partial charge on any atom is 0.230 e. The predicted octanol–water partition coefficient (Wildman–Crippen LogP) is 1.42. The van der Waals surface area contributed by atoms with E-state index < -0.39 is 0 Å². The Bertz CT molecular complexity index is 531. The average Bonchev–Trinajstić information content (AvgIpc) is 3.04. The van der Waals surface area contributed by atoms with E-state index in [2.05, 4.69) is 15.2 Å². The molecule has 2 aliphatic heterocycles. The summed E-state index contributed by atoms with van der Waals surface area (Å²) in [6.45, 7) is 9.92. The van der Waals surface area contributed by atoms with Gasteiger partial charge in [0.15, 0.2) is 0 Å². The highest BCUT2D eigenvalue weighted by Crippen LogP contribution is 2.42. The molecule has 0 aromatic carbocycles. The van der Waals surface area contributed by atoms with Crippen LogP contribution in [0.4, 0.5) is 0 Å². The molecule has 1 aromatic heterocycles. The Balaban J connectivity index is 1.73. The van der Waals surface area contributed by atoms with Gasteiger partial charge in [0.1, 0.15) is 0 Å². The van der Waals surface area contributed by atoms with Crippen LogP contribution in [0, 0.1) is 18.3 Å². The lowest BCUT2D eigenvalue weighted by Gasteiger charge is -2.27. The van der Waals surface area contributed by atoms with E-state index in [0.29, 0.717) is 19.1 Å². The fraction of sp³-hybridized carbons (Fsp3) is 0.733. The number of ether oxygens (including phenoxy) is 1. The maximum atomic E-state index is 12.6. The third-order valence-electron chi connectivity index (χ3n) is 4.53. The number of hydrogen-bond acceptors (Lipinski definition) is 5. The summed E-state index contributed by atoms with van der Waals surface area (Å²) in [5.41, 5.74) is 2.64. The van der Waals surface area contributed by atoms with Crippen molar-refractivity contribution in [1.29, 1.82) is 0 Å². The molecule has 21 heavy (non-hydrogen) atoms. The van der Waals surface area contributed by atoms with Gasteiger partial charge < -0.3 is 10.1 Å². The van der Waals surface area contributed by atoms with E-state index >= 15 is 0 Å². The van der Waals surface area contributed by atoms with Gasteiger partial charge in [0, 0.05) is 36.5 Å². The Morgan fingerprint density at radius 3 is 3.14 bits per heavy atom. The van der Waals surface area contributed by atoms with Gasteiger partial charge in [-0.1, -0.05) is 0 Å². The molecule has 2 fully saturated rings. The standard InChI is InChI=1S/C15H23N3O2S/c1-10(2)17-14(19)15-7-18(4-12(15)6-20-8-15)5-13-11(3)16-9-21-13/h9-10,12H,4-8H2,1-3H3,(H,17,19)/t12-,15-/m1/s1. The Morgan fingerprint density at radius 2 is 2.48 bits per heavy atom. The summed E-state index contributed by atoms with van der Waals surface area (Å²) in [7, 11) is 0. The normalized spacial score (nSPS) is 29.0. The molecule has 2 aliphatic rings. The lowest BCUT2D eigenvalue weighted by Crippen LogP contribution is -2.48. The van der Waals surface area contributed by atoms with Gasteiger partial charge in [0.05, 0.1) is 29.8 Å². The van der Waals surface area contributed by atoms with Crippen LogP contribution in [-0.4, -0.2) is 48.1 Å². The third kappa shape index (κ3) is 2.72. The van der Waals surface area contributed by atoms with E-state index in [4.69, 9.17) is 4.74 Å². The molecule has 0 aliphatic carbocycles. The molecule has 5 nitrogen and oxygen atoms in total. The van der Waals surface area contributed by atoms with Crippen LogP contribution in [0.15, 0.2) is 5.51 Å². The smallest absolute Gasteiger partial charge is 0.230 e. The second-order valence-corrected chi connectivity index (χ2v) is 7.47. The van der Waals surface area contributed by atoms with Gasteiger partial charge in [-0.2, -0.15) is 0 Å². The number of aromatic nitrogens is 1. The molecular formula is C15H23N3O2S. The van der Waals surface area contributed by atoms with Crippen LogP contribution < -0.4 is 5.32 Å². The van der Waals surface area contributed by atoms with Crippen molar-refractivity contribution in [1.82, 2.24) is 15.2 Å². The highest BCUT2D eigenvalue weighted by atomic mass is 32.1. The molecule has 2 saturated heterocycles. The van der Waals surface area contributed by atoms with Crippen molar-refractivity contribution in [2.75, 3.05) is 26.3 Å². The number of likely N-dealkylation sites (tertiary alicyclic amines) is 1. The summed E-state index contributed by atoms with van der Waals surface area (Å²) >= 11 is 1.70. The molecule has 3 heterocycles. The molecule has 2 atom stereocenters. The Kier molecular flexibility index (Phi) is 4.03. The Morgan fingerprint density at radius 1 is 1.67 bits per heavy atom. The minimum atomic E-state index is -0.358. The third-order valence-corrected chi connectivity index (χ3v) is 5.45. The fourth-order valence-electron chi connectivity index (χ4n) is 3.37. The van der Waals surface area contributed by atoms with Crippen LogP contribution in [0.25, 0.3) is 0 Å². The number of nitrogens with zero attached hydrogens (tertiary/aromatic N) is 2. The van der Waals surface area contributed by atoms with Crippen LogP contribution >= 0.6 is 11.3 Å². The molecule has 116 valence electrons. The van der Waals surface area contributed by atoms with Crippen LogP contribution in [0.2, 0.25) is 0 Å². The Hall–Kier alpha value is -0.980. The topological polar surface area (TPSA) is 54.5 Å². The van der Waals surface area contributed by atoms with E-state index in [1.165, 1.54) is 4.88 Å². The monoisotopic (exact) mass is 309 g/mol. The SMILES string of the molecule is Cc1ncsc1CN1C[C@@H]2COC[C@]2(C(=O)NC(C)C)C1. The molecule has 0 unspecified atom stereocenters. The van der Waals surface area contributed by atoms with Crippen molar-refractivity contribution in [3.8, 4) is 0 Å². The first-order valence-electron chi connectivity index (χ1n) is 7.51. The van der Waals surface area contributed by atoms with E-state index in [1.54, 1.807) is 11.3 Å². The highest BCUT2D eigenvalue weighted by molar-refractivity contribution is 7.09. The molecule has 0 bridgehead atoms. The first kappa shape index (κ1) is 14.9. The summed E-state index contributed by atoms with van der Waals surface area (Å²) in [5, 5.41) is 3.08. The van der Waals surface area contributed by atoms with Crippen molar-refractivity contribution in [2.45, 2.75) is 33.4 Å². The van der Waals surface area contributed by atoms with E-state index in [0.717, 1.165) is 25.3 Å². The number of fused-ring (bicyclic) bond motifs is 1. The van der Waals surface area contributed by atoms with Crippen molar-refractivity contribution in [3.63, 3.8) is 0 Å². The van der Waals surface area contributed by atoms with Crippen molar-refractivity contribution in [2.24, 2.45) is 11.3 Å². The molecular weight excluding hydrogens is 286 g/mol. The average molecular weight is 309 g/mol. The predicted molar refractivity (Wildman–Crippen MR) is 82.1 cm³/mol. The molecule has 0 radical (unpaired) electrons. The number of nitrogens with one attached hydrogen (secondary N) is 1. The van der Waals surface area contributed by atoms with Crippen molar-refractivity contribution in [3.05, 3.63) is 16.1 Å². The number of rotatable bonds is 4. The zero-order chi connectivity index (χ0) is 15.0. The second-order valence-electron chi connectivity index (χ2n) is 6.53. The molecule has 1 amide bonds. The molecule has 0 saturated carbocycles. The largest absolute Gasteiger partial charge is 0.380 e. The minimum Gasteiger partial charge on any atom is -0.380 e. The number of hydrogen-bond donors (Lipinski definition) is 1. The van der Waals surface area contributed by atoms with Gasteiger partial charge in [-0.3, -0.25) is 9.69 Å². The van der Waals surface area contributed by atoms with E-state index in [-0.39, 0.29) is 17.4 Å². The van der Waals surface area contributed by atoms with Crippen molar-refractivity contribution < 1.29 is 9.53 Å². The number of amides is 1. The summed E-state index contributed by atoms with van der Waals surface area (Å²) in [6, 6.07) is 0.172. The van der Waals surface area contributed by atoms with E-state index in [1.807, 2.05) is 26.3 Å². The lowest BCUT2D eigenvalue weighted by molar-refractivity contribution is -0.132. The van der Waals surface area contributed by atoms with Crippen molar-refractivity contribution >= 4 is 17.2 Å². The van der Waals surface area contributed by atoms with Gasteiger partial charge >= 0.3 is 0 Å². The molecule has 6 heteroatoms. The molecule has 1 N–H and O–H groups in total. The van der Waals surface area contributed by atoms with Crippen LogP contribution in [-0.2, 0) is 16.1 Å². The van der Waals surface area contributed by atoms with Crippen LogP contribution in [0.3, 0.4) is 0 Å². The molecule has 0 spiro atoms. The van der Waals surface area contributed by atoms with Gasteiger partial charge in [0.25, 0.3) is 0 Å². The minimum absolute atomic E-state index is 0.156. The maximum absolute atomic E-state index is 12.6. The van der Waals surface area contributed by atoms with Crippen LogP contribution in [0.1, 0.15) is 24.4 Å². The Labute approximate surface area is 129 Å². The first-order chi connectivity index (χ1) is 10.0. The number of carbonyl (C=O) groups is 1. The summed E-state index contributed by atoms with van der Waals surface area (Å²) in [6.07, 6.45) is 0. The first-order valence-corrected chi connectivity index (χ1v) is 8.39. The van der Waals surface area contributed by atoms with Gasteiger partial charge in [-0.25, -0.2) is 4.98 Å². The number of carbonyl (C=O) groups excluding carboxylic acids is 1. The highest BCUT2D eigenvalue weighted by Gasteiger charge is 2.55. The zero-order valence-electron chi connectivity index (χ0n) is 12.9. The molecule has 1 aromatic rings. The summed E-state index contributed by atoms with van der Waals surface area (Å²) in [5.74, 6) is 0.466. The van der Waals surface area contributed by atoms with E-state index in [9.17, 15) is 4.79 Å². The second kappa shape index (κ2) is 5.66. The summed E-state index contributed by atoms with van der Waals surface area (Å²) in [4.78, 5) is 20.6. The quantitative estimate of drug-likeness (QED) is 0.914. The fourth-order valence-corrected chi connectivity index (χ4v) is 4.19. The van der Waals surface area contributed by atoms with Gasteiger partial charge in [0.2, 0.25) is 5.91 Å². The van der Waals surface area contributed by atoms with Gasteiger partial charge in [-0.15, -0.1) is 11.3 Å². The van der Waals surface area contributed by atoms with Crippen LogP contribution in [0.5, 0.6) is 0 Å². The number of aryl methyl sites for hydroxylation is 1. The lowest BCUT2D eigenvalue weighted by atomic mass is 9.80. The number of thiazole rings is 1. The van der Waals surface area contributed by atoms with Gasteiger partial charge in [-0.05, 0) is 20.8 Å². The molecule has 3 rings (SSSR count). The summed E-state index contributed by atoms with van der Waals surface area (Å²) < 4.78 is 5.63. The zero-order valence-corrected chi connectivity index (χ0v) is 13.7.